The summed E-state index contributed by atoms with van der Waals surface area (Å²) in [4.78, 5) is 14.7. The molecule has 2 bridgehead atoms. The number of aliphatic hydroxyl groups excluding tert-OH is 1. The highest BCUT2D eigenvalue weighted by atomic mass is 28.4. The molecule has 4 rings (SSSR count). The standard InChI is InChI=1S/C29H50O4Si/c1-16(2)34(17(3)4,18(5)6)33-21-13-22-24-23(27(24,9)10)12-20(8)28(26(22)31)14-19(7)25(30)29(28,15-21)32-11/h14,16-18,20-25,30H,12-13,15H2,1-11H3/t20-,21+,22+,23-,24+,25+,28+,29+/m1/s1. The van der Waals surface area contributed by atoms with Crippen molar-refractivity contribution in [1.29, 1.82) is 0 Å². The molecule has 34 heavy (non-hydrogen) atoms. The van der Waals surface area contributed by atoms with Gasteiger partial charge < -0.3 is 14.3 Å². The number of carbonyl (C=O) groups excluding carboxylic acids is 1. The lowest BCUT2D eigenvalue weighted by atomic mass is 9.60. The number of hydrogen-bond acceptors (Lipinski definition) is 4. The van der Waals surface area contributed by atoms with Gasteiger partial charge >= 0.3 is 0 Å². The maximum atomic E-state index is 14.7. The maximum Gasteiger partial charge on any atom is 0.200 e. The van der Waals surface area contributed by atoms with Gasteiger partial charge in [0.2, 0.25) is 8.32 Å². The van der Waals surface area contributed by atoms with Crippen LogP contribution < -0.4 is 0 Å². The van der Waals surface area contributed by atoms with Crippen molar-refractivity contribution in [2.75, 3.05) is 7.11 Å². The van der Waals surface area contributed by atoms with Crippen molar-refractivity contribution < 1.29 is 19.1 Å². The van der Waals surface area contributed by atoms with Crippen LogP contribution in [-0.2, 0) is 14.0 Å². The number of methoxy groups -OCH3 is 1. The van der Waals surface area contributed by atoms with Crippen molar-refractivity contribution in [3.8, 4) is 0 Å². The van der Waals surface area contributed by atoms with Gasteiger partial charge in [-0.05, 0) is 65.1 Å². The molecule has 0 amide bonds. The van der Waals surface area contributed by atoms with E-state index in [1.165, 1.54) is 0 Å². The van der Waals surface area contributed by atoms with Crippen LogP contribution in [0.3, 0.4) is 0 Å². The van der Waals surface area contributed by atoms with Crippen molar-refractivity contribution in [2.24, 2.45) is 34.5 Å². The third kappa shape index (κ3) is 3.15. The van der Waals surface area contributed by atoms with Crippen LogP contribution in [0.2, 0.25) is 16.6 Å². The summed E-state index contributed by atoms with van der Waals surface area (Å²) in [7, 11) is -0.463. The topological polar surface area (TPSA) is 55.8 Å². The minimum atomic E-state index is -2.17. The molecule has 0 aromatic carbocycles. The number of fused-ring (bicyclic) bond motifs is 3. The van der Waals surface area contributed by atoms with Crippen LogP contribution in [0.1, 0.15) is 88.5 Å². The number of Topliss-reactive ketones (excluding diaryl/α,β-unsaturated/α-hetero) is 1. The first kappa shape index (κ1) is 26.6. The van der Waals surface area contributed by atoms with Crippen molar-refractivity contribution in [3.05, 3.63) is 11.6 Å². The quantitative estimate of drug-likeness (QED) is 0.340. The molecule has 4 aliphatic carbocycles. The fourth-order valence-corrected chi connectivity index (χ4v) is 15.3. The molecular formula is C29H50O4Si. The highest BCUT2D eigenvalue weighted by Crippen LogP contribution is 2.72. The van der Waals surface area contributed by atoms with E-state index in [-0.39, 0.29) is 23.4 Å². The smallest absolute Gasteiger partial charge is 0.200 e. The Bertz CT molecular complexity index is 838. The first-order chi connectivity index (χ1) is 15.6. The molecule has 3 fully saturated rings. The van der Waals surface area contributed by atoms with Crippen LogP contribution in [0.15, 0.2) is 11.6 Å². The van der Waals surface area contributed by atoms with Gasteiger partial charge in [-0.1, -0.05) is 68.4 Å². The van der Waals surface area contributed by atoms with E-state index in [9.17, 15) is 9.90 Å². The van der Waals surface area contributed by atoms with Gasteiger partial charge in [0.1, 0.15) is 17.5 Å². The van der Waals surface area contributed by atoms with Crippen LogP contribution in [0, 0.1) is 34.5 Å². The van der Waals surface area contributed by atoms with E-state index in [0.29, 0.717) is 40.7 Å². The van der Waals surface area contributed by atoms with Gasteiger partial charge in [0, 0.05) is 25.6 Å². The van der Waals surface area contributed by atoms with E-state index < -0.39 is 25.4 Å². The summed E-state index contributed by atoms with van der Waals surface area (Å²) >= 11 is 0. The van der Waals surface area contributed by atoms with E-state index in [4.69, 9.17) is 9.16 Å². The zero-order valence-electron chi connectivity index (χ0n) is 23.6. The predicted molar refractivity (Wildman–Crippen MR) is 140 cm³/mol. The molecule has 0 unspecified atom stereocenters. The van der Waals surface area contributed by atoms with Crippen molar-refractivity contribution in [2.45, 2.75) is 123 Å². The van der Waals surface area contributed by atoms with Crippen LogP contribution in [0.5, 0.6) is 0 Å². The van der Waals surface area contributed by atoms with E-state index in [0.717, 1.165) is 18.4 Å². The predicted octanol–water partition coefficient (Wildman–Crippen LogP) is 6.53. The number of rotatable bonds is 6. The molecule has 3 saturated carbocycles. The SMILES string of the molecule is CO[C@]12C[C@@H](O[Si](C(C)C)(C(C)C)C(C)C)C[C@@H]3C(=O)[C@]1(C=C(C)[C@@H]2O)[C@H](C)C[C@@H]1[C@H]3C1(C)C. The molecule has 0 aromatic heterocycles. The minimum Gasteiger partial charge on any atom is -0.413 e. The van der Waals surface area contributed by atoms with Crippen LogP contribution in [-0.4, -0.2) is 44.1 Å². The van der Waals surface area contributed by atoms with E-state index in [1.54, 1.807) is 7.11 Å². The fraction of sp³-hybridized carbons (Fsp3) is 0.897. The Morgan fingerprint density at radius 2 is 1.62 bits per heavy atom. The number of carbonyl (C=O) groups is 1. The molecule has 1 spiro atoms. The molecule has 0 aliphatic heterocycles. The van der Waals surface area contributed by atoms with Gasteiger partial charge in [-0.25, -0.2) is 0 Å². The van der Waals surface area contributed by atoms with E-state index in [2.05, 4.69) is 68.4 Å². The summed E-state index contributed by atoms with van der Waals surface area (Å²) in [5.74, 6) is 1.37. The van der Waals surface area contributed by atoms with Gasteiger partial charge in [-0.15, -0.1) is 0 Å². The van der Waals surface area contributed by atoms with Gasteiger partial charge in [0.15, 0.2) is 0 Å². The Kier molecular flexibility index (Phi) is 6.45. The van der Waals surface area contributed by atoms with E-state index >= 15 is 0 Å². The van der Waals surface area contributed by atoms with Gasteiger partial charge in [-0.3, -0.25) is 4.79 Å². The first-order valence-corrected chi connectivity index (χ1v) is 15.9. The fourth-order valence-electron chi connectivity index (χ4n) is 9.70. The summed E-state index contributed by atoms with van der Waals surface area (Å²) < 4.78 is 13.8. The van der Waals surface area contributed by atoms with Gasteiger partial charge in [-0.2, -0.15) is 0 Å². The zero-order chi connectivity index (χ0) is 25.6. The normalized spacial score (nSPS) is 43.5. The number of hydrogen-bond donors (Lipinski definition) is 1. The lowest BCUT2D eigenvalue weighted by molar-refractivity contribution is -0.178. The molecule has 4 aliphatic rings. The molecule has 4 nitrogen and oxygen atoms in total. The summed E-state index contributed by atoms with van der Waals surface area (Å²) in [6.07, 6.45) is 3.65. The molecular weight excluding hydrogens is 440 g/mol. The Hall–Kier alpha value is -0.493. The van der Waals surface area contributed by atoms with Crippen LogP contribution >= 0.6 is 0 Å². The van der Waals surface area contributed by atoms with E-state index in [1.807, 2.05) is 6.92 Å². The average Bonchev–Trinajstić information content (AvgIpc) is 3.24. The van der Waals surface area contributed by atoms with Crippen molar-refractivity contribution in [3.63, 3.8) is 0 Å². The monoisotopic (exact) mass is 490 g/mol. The third-order valence-corrected chi connectivity index (χ3v) is 17.4. The summed E-state index contributed by atoms with van der Waals surface area (Å²) in [6, 6.07) is 0. The molecule has 0 radical (unpaired) electrons. The third-order valence-electron chi connectivity index (χ3n) is 11.2. The van der Waals surface area contributed by atoms with Gasteiger partial charge in [0.25, 0.3) is 0 Å². The largest absolute Gasteiger partial charge is 0.413 e. The number of ketones is 1. The van der Waals surface area contributed by atoms with Crippen molar-refractivity contribution >= 4 is 14.1 Å². The second kappa shape index (κ2) is 8.26. The van der Waals surface area contributed by atoms with Crippen LogP contribution in [0.25, 0.3) is 0 Å². The Morgan fingerprint density at radius 1 is 1.06 bits per heavy atom. The molecule has 0 aromatic rings. The highest BCUT2D eigenvalue weighted by molar-refractivity contribution is 6.77. The molecule has 0 heterocycles. The zero-order valence-corrected chi connectivity index (χ0v) is 24.6. The van der Waals surface area contributed by atoms with Crippen LogP contribution in [0.4, 0.5) is 0 Å². The van der Waals surface area contributed by atoms with Crippen molar-refractivity contribution in [1.82, 2.24) is 0 Å². The molecule has 1 N–H and O–H groups in total. The minimum absolute atomic E-state index is 0.0282. The summed E-state index contributed by atoms with van der Waals surface area (Å²) in [5.41, 5.74) is 0.778. The lowest BCUT2D eigenvalue weighted by Crippen LogP contribution is -2.61. The molecule has 5 heteroatoms. The second-order valence-corrected chi connectivity index (χ2v) is 19.2. The average molecular weight is 491 g/mol. The lowest BCUT2D eigenvalue weighted by Gasteiger charge is -2.50. The molecule has 194 valence electrons. The summed E-state index contributed by atoms with van der Waals surface area (Å²) in [6.45, 7) is 22.9. The highest BCUT2D eigenvalue weighted by Gasteiger charge is 2.75. The number of ether oxygens (including phenoxy) is 1. The number of aliphatic hydroxyl groups is 1. The Morgan fingerprint density at radius 3 is 2.12 bits per heavy atom. The maximum absolute atomic E-state index is 14.7. The first-order valence-electron chi connectivity index (χ1n) is 13.8. The molecule has 0 saturated heterocycles. The summed E-state index contributed by atoms with van der Waals surface area (Å²) in [5, 5.41) is 11.6. The Balaban J connectivity index is 1.87. The second-order valence-electron chi connectivity index (χ2n) is 13.8. The molecule has 8 atom stereocenters. The Labute approximate surface area is 209 Å². The van der Waals surface area contributed by atoms with Gasteiger partial charge in [0.05, 0.1) is 5.41 Å².